The minimum atomic E-state index is 0.520. The zero-order valence-electron chi connectivity index (χ0n) is 11.3. The van der Waals surface area contributed by atoms with Crippen LogP contribution in [0.4, 0.5) is 0 Å². The van der Waals surface area contributed by atoms with Crippen LogP contribution in [0.1, 0.15) is 42.8 Å². The first-order valence-electron chi connectivity index (χ1n) is 7.04. The number of nitrogens with one attached hydrogen (secondary N) is 1. The van der Waals surface area contributed by atoms with E-state index in [-0.39, 0.29) is 0 Å². The molecule has 1 aliphatic rings. The maximum Gasteiger partial charge on any atom is 0.147 e. The molecule has 1 unspecified atom stereocenters. The van der Waals surface area contributed by atoms with Gasteiger partial charge < -0.3 is 9.88 Å². The fraction of sp³-hybridized carbons (Fsp3) is 0.467. The van der Waals surface area contributed by atoms with Gasteiger partial charge in [0.25, 0.3) is 0 Å². The standard InChI is InChI=1S/C15H20N4/c1-2-16-14-6-3-5-12-9-19(10-13(12)14)11-15-17-7-4-8-18-15/h4,7-10,14,16H,2-3,5-6,11H2,1H3. The highest BCUT2D eigenvalue weighted by atomic mass is 15.0. The van der Waals surface area contributed by atoms with E-state index in [9.17, 15) is 0 Å². The van der Waals surface area contributed by atoms with Crippen LogP contribution in [0.15, 0.2) is 30.9 Å². The molecule has 0 saturated carbocycles. The molecule has 0 amide bonds. The van der Waals surface area contributed by atoms with Gasteiger partial charge >= 0.3 is 0 Å². The molecule has 100 valence electrons. The second kappa shape index (κ2) is 5.53. The van der Waals surface area contributed by atoms with Crippen LogP contribution in [0, 0.1) is 0 Å². The summed E-state index contributed by atoms with van der Waals surface area (Å²) in [4.78, 5) is 8.58. The number of hydrogen-bond acceptors (Lipinski definition) is 3. The van der Waals surface area contributed by atoms with Gasteiger partial charge in [0.2, 0.25) is 0 Å². The zero-order chi connectivity index (χ0) is 13.1. The van der Waals surface area contributed by atoms with Gasteiger partial charge in [0.1, 0.15) is 5.82 Å². The first-order chi connectivity index (χ1) is 9.36. The summed E-state index contributed by atoms with van der Waals surface area (Å²) in [6.45, 7) is 3.95. The number of aromatic nitrogens is 3. The average molecular weight is 256 g/mol. The van der Waals surface area contributed by atoms with Crippen LogP contribution in [0.5, 0.6) is 0 Å². The molecule has 2 aromatic rings. The molecule has 4 heteroatoms. The van der Waals surface area contributed by atoms with Gasteiger partial charge in [-0.3, -0.25) is 0 Å². The second-order valence-electron chi connectivity index (χ2n) is 5.08. The summed E-state index contributed by atoms with van der Waals surface area (Å²) in [5, 5.41) is 3.57. The summed E-state index contributed by atoms with van der Waals surface area (Å²) < 4.78 is 2.22. The quantitative estimate of drug-likeness (QED) is 0.913. The van der Waals surface area contributed by atoms with Crippen molar-refractivity contribution in [1.29, 1.82) is 0 Å². The third-order valence-corrected chi connectivity index (χ3v) is 3.71. The van der Waals surface area contributed by atoms with E-state index < -0.39 is 0 Å². The SMILES string of the molecule is CCNC1CCCc2cn(Cc3ncccn3)cc21. The van der Waals surface area contributed by atoms with E-state index in [1.807, 2.05) is 6.07 Å². The minimum Gasteiger partial charge on any atom is -0.346 e. The Hall–Kier alpha value is -1.68. The molecule has 0 radical (unpaired) electrons. The van der Waals surface area contributed by atoms with Gasteiger partial charge in [-0.1, -0.05) is 6.92 Å². The van der Waals surface area contributed by atoms with Crippen LogP contribution in [0.2, 0.25) is 0 Å². The molecule has 3 rings (SSSR count). The summed E-state index contributed by atoms with van der Waals surface area (Å²) in [6, 6.07) is 2.37. The highest BCUT2D eigenvalue weighted by Gasteiger charge is 2.21. The molecule has 1 atom stereocenters. The minimum absolute atomic E-state index is 0.520. The molecule has 1 N–H and O–H groups in total. The van der Waals surface area contributed by atoms with E-state index in [1.165, 1.54) is 30.4 Å². The Labute approximate surface area is 113 Å². The molecular formula is C15H20N4. The molecule has 0 fully saturated rings. The summed E-state index contributed by atoms with van der Waals surface area (Å²) in [7, 11) is 0. The largest absolute Gasteiger partial charge is 0.346 e. The van der Waals surface area contributed by atoms with Crippen LogP contribution in [0.25, 0.3) is 0 Å². The molecule has 0 aromatic carbocycles. The molecular weight excluding hydrogens is 236 g/mol. The van der Waals surface area contributed by atoms with Crippen LogP contribution < -0.4 is 5.32 Å². The zero-order valence-corrected chi connectivity index (χ0v) is 11.3. The first-order valence-corrected chi connectivity index (χ1v) is 7.04. The van der Waals surface area contributed by atoms with Gasteiger partial charge in [-0.25, -0.2) is 9.97 Å². The number of nitrogens with zero attached hydrogens (tertiary/aromatic N) is 3. The Bertz CT molecular complexity index is 532. The average Bonchev–Trinajstić information content (AvgIpc) is 2.84. The van der Waals surface area contributed by atoms with Crippen molar-refractivity contribution in [3.8, 4) is 0 Å². The third-order valence-electron chi connectivity index (χ3n) is 3.71. The maximum absolute atomic E-state index is 4.29. The monoisotopic (exact) mass is 256 g/mol. The van der Waals surface area contributed by atoms with Gasteiger partial charge in [0.15, 0.2) is 0 Å². The Balaban J connectivity index is 1.81. The molecule has 0 spiro atoms. The first kappa shape index (κ1) is 12.4. The number of hydrogen-bond donors (Lipinski definition) is 1. The molecule has 0 saturated heterocycles. The lowest BCUT2D eigenvalue weighted by Crippen LogP contribution is -2.23. The van der Waals surface area contributed by atoms with Crippen LogP contribution in [-0.4, -0.2) is 21.1 Å². The summed E-state index contributed by atoms with van der Waals surface area (Å²) in [6.07, 6.45) is 11.8. The van der Waals surface area contributed by atoms with Crippen LogP contribution in [0.3, 0.4) is 0 Å². The van der Waals surface area contributed by atoms with Crippen molar-refractivity contribution in [2.75, 3.05) is 6.54 Å². The Morgan fingerprint density at radius 1 is 1.32 bits per heavy atom. The lowest BCUT2D eigenvalue weighted by atomic mass is 9.91. The Morgan fingerprint density at radius 2 is 2.16 bits per heavy atom. The van der Waals surface area contributed by atoms with Gasteiger partial charge in [0, 0.05) is 30.8 Å². The molecule has 4 nitrogen and oxygen atoms in total. The topological polar surface area (TPSA) is 42.7 Å². The maximum atomic E-state index is 4.29. The highest BCUT2D eigenvalue weighted by Crippen LogP contribution is 2.30. The summed E-state index contributed by atoms with van der Waals surface area (Å²) >= 11 is 0. The van der Waals surface area contributed by atoms with E-state index in [4.69, 9.17) is 0 Å². The van der Waals surface area contributed by atoms with Crippen LogP contribution in [-0.2, 0) is 13.0 Å². The predicted molar refractivity (Wildman–Crippen MR) is 74.9 cm³/mol. The van der Waals surface area contributed by atoms with Crippen molar-refractivity contribution in [1.82, 2.24) is 19.9 Å². The van der Waals surface area contributed by atoms with E-state index in [0.717, 1.165) is 18.9 Å². The molecule has 0 aliphatic heterocycles. The number of aryl methyl sites for hydroxylation is 1. The third kappa shape index (κ3) is 2.68. The van der Waals surface area contributed by atoms with E-state index in [2.05, 4.69) is 39.2 Å². The molecule has 0 bridgehead atoms. The van der Waals surface area contributed by atoms with Gasteiger partial charge in [0.05, 0.1) is 6.54 Å². The summed E-state index contributed by atoms with van der Waals surface area (Å²) in [5.41, 5.74) is 2.94. The fourth-order valence-electron chi connectivity index (χ4n) is 2.87. The number of fused-ring (bicyclic) bond motifs is 1. The van der Waals surface area contributed by atoms with Gasteiger partial charge in [-0.15, -0.1) is 0 Å². The lowest BCUT2D eigenvalue weighted by Gasteiger charge is -2.22. The van der Waals surface area contributed by atoms with Gasteiger partial charge in [-0.2, -0.15) is 0 Å². The van der Waals surface area contributed by atoms with Crippen molar-refractivity contribution in [2.24, 2.45) is 0 Å². The molecule has 2 heterocycles. The van der Waals surface area contributed by atoms with Crippen LogP contribution >= 0.6 is 0 Å². The van der Waals surface area contributed by atoms with Crippen molar-refractivity contribution in [3.63, 3.8) is 0 Å². The predicted octanol–water partition coefficient (Wildman–Crippen LogP) is 2.31. The highest BCUT2D eigenvalue weighted by molar-refractivity contribution is 5.30. The van der Waals surface area contributed by atoms with E-state index in [1.54, 1.807) is 12.4 Å². The van der Waals surface area contributed by atoms with Crippen molar-refractivity contribution >= 4 is 0 Å². The summed E-state index contributed by atoms with van der Waals surface area (Å²) in [5.74, 6) is 0.870. The van der Waals surface area contributed by atoms with Crippen molar-refractivity contribution in [2.45, 2.75) is 38.8 Å². The van der Waals surface area contributed by atoms with Gasteiger partial charge in [-0.05, 0) is 43.0 Å². The normalized spacial score (nSPS) is 18.3. The second-order valence-corrected chi connectivity index (χ2v) is 5.08. The molecule has 2 aromatic heterocycles. The fourth-order valence-corrected chi connectivity index (χ4v) is 2.87. The van der Waals surface area contributed by atoms with E-state index in [0.29, 0.717) is 6.04 Å². The smallest absolute Gasteiger partial charge is 0.147 e. The van der Waals surface area contributed by atoms with Crippen molar-refractivity contribution < 1.29 is 0 Å². The molecule has 19 heavy (non-hydrogen) atoms. The Morgan fingerprint density at radius 3 is 2.95 bits per heavy atom. The Kier molecular flexibility index (Phi) is 3.60. The molecule has 1 aliphatic carbocycles. The van der Waals surface area contributed by atoms with E-state index >= 15 is 0 Å². The van der Waals surface area contributed by atoms with Crippen molar-refractivity contribution in [3.05, 3.63) is 47.8 Å². The number of rotatable bonds is 4. The lowest BCUT2D eigenvalue weighted by molar-refractivity contribution is 0.473.